The van der Waals surface area contributed by atoms with Crippen LogP contribution in [0.5, 0.6) is 11.5 Å². The van der Waals surface area contributed by atoms with Crippen LogP contribution < -0.4 is 19.5 Å². The van der Waals surface area contributed by atoms with Crippen LogP contribution in [0.4, 0.5) is 18.2 Å². The fourth-order valence-electron chi connectivity index (χ4n) is 5.21. The van der Waals surface area contributed by atoms with Crippen molar-refractivity contribution in [2.45, 2.75) is 45.7 Å². The van der Waals surface area contributed by atoms with Gasteiger partial charge in [-0.1, -0.05) is 44.6 Å². The number of pyridine rings is 4. The Bertz CT molecular complexity index is 2350. The smallest absolute Gasteiger partial charge is 0.753 e. The molecule has 6 aromatic heterocycles. The number of isothiocyanates is 1. The Morgan fingerprint density at radius 2 is 1.47 bits per heavy atom. The van der Waals surface area contributed by atoms with Gasteiger partial charge in [0.25, 0.3) is 12.9 Å². The maximum Gasteiger partial charge on any atom is 2.00 e. The van der Waals surface area contributed by atoms with Crippen molar-refractivity contribution < 1.29 is 61.6 Å². The first-order valence-electron chi connectivity index (χ1n) is 17.7. The molecular weight excluding hydrogens is 911 g/mol. The number of ether oxygens (including phenoxy) is 2. The Kier molecular flexibility index (Phi) is 19.4. The van der Waals surface area contributed by atoms with Crippen LogP contribution in [0.2, 0.25) is 0 Å². The minimum atomic E-state index is -4.50. The molecule has 6 heterocycles. The van der Waals surface area contributed by atoms with Crippen LogP contribution in [-0.2, 0) is 35.2 Å². The monoisotopic (exact) mass is 946 g/mol. The molecule has 6 rings (SSSR count). The number of alkyl halides is 3. The number of halogens is 3. The molecule has 0 saturated heterocycles. The number of rotatable bonds is 16. The molecule has 312 valence electrons. The van der Waals surface area contributed by atoms with E-state index >= 15 is 0 Å². The normalized spacial score (nSPS) is 10.3. The molecule has 0 amide bonds. The molecule has 0 spiro atoms. The van der Waals surface area contributed by atoms with E-state index in [0.29, 0.717) is 17.1 Å². The van der Waals surface area contributed by atoms with Gasteiger partial charge in [0.2, 0.25) is 0 Å². The number of hydrogen-bond acceptors (Lipinski definition) is 13. The van der Waals surface area contributed by atoms with Crippen LogP contribution in [0.1, 0.15) is 55.6 Å². The molecule has 20 heteroatoms. The summed E-state index contributed by atoms with van der Waals surface area (Å²) >= 11 is 5.41. The number of carboxylic acid groups (broad SMARTS) is 1. The third-order valence-electron chi connectivity index (χ3n) is 8.04. The predicted octanol–water partition coefficient (Wildman–Crippen LogP) is 8.89. The van der Waals surface area contributed by atoms with Crippen molar-refractivity contribution in [3.05, 3.63) is 102 Å². The Labute approximate surface area is 364 Å². The molecule has 0 fully saturated rings. The van der Waals surface area contributed by atoms with E-state index in [0.717, 1.165) is 55.3 Å². The van der Waals surface area contributed by atoms with Crippen molar-refractivity contribution >= 4 is 52.6 Å². The number of nitrogens with zero attached hydrogens (tertiary/aromatic N) is 8. The molecule has 0 radical (unpaired) electrons. The van der Waals surface area contributed by atoms with Gasteiger partial charge in [-0.2, -0.15) is 18.3 Å². The van der Waals surface area contributed by atoms with E-state index in [1.165, 1.54) is 59.0 Å². The molecule has 0 saturated carbocycles. The number of hydrogen-bond donors (Lipinski definition) is 1. The Balaban J connectivity index is 0.000000297. The van der Waals surface area contributed by atoms with Gasteiger partial charge >= 0.3 is 31.6 Å². The molecule has 60 heavy (non-hydrogen) atoms. The second kappa shape index (κ2) is 24.1. The van der Waals surface area contributed by atoms with Crippen molar-refractivity contribution in [1.29, 1.82) is 0 Å². The van der Waals surface area contributed by atoms with Gasteiger partial charge in [-0.3, -0.25) is 24.5 Å². The van der Waals surface area contributed by atoms with Crippen molar-refractivity contribution in [2.24, 2.45) is 0 Å². The van der Waals surface area contributed by atoms with Crippen LogP contribution in [0.3, 0.4) is 0 Å². The molecule has 0 unspecified atom stereocenters. The van der Waals surface area contributed by atoms with E-state index in [9.17, 15) is 27.6 Å². The number of thiocarbonyl (C=S) groups is 1. The van der Waals surface area contributed by atoms with E-state index in [4.69, 9.17) is 20.0 Å². The van der Waals surface area contributed by atoms with Gasteiger partial charge < -0.3 is 35.1 Å². The zero-order valence-corrected chi connectivity index (χ0v) is 35.2. The Morgan fingerprint density at radius 3 is 2.02 bits per heavy atom. The first-order valence-corrected chi connectivity index (χ1v) is 19.0. The summed E-state index contributed by atoms with van der Waals surface area (Å²) in [5.74, 6) is -0.693. The molecule has 0 bridgehead atoms. The van der Waals surface area contributed by atoms with Crippen molar-refractivity contribution in [3.63, 3.8) is 0 Å². The van der Waals surface area contributed by atoms with E-state index in [1.807, 2.05) is 6.07 Å². The molecule has 0 aliphatic rings. The first-order chi connectivity index (χ1) is 28.4. The number of carboxylic acids is 1. The topological polar surface area (TPSA) is 194 Å². The van der Waals surface area contributed by atoms with Gasteiger partial charge in [0.05, 0.1) is 33.3 Å². The molecule has 0 aliphatic carbocycles. The number of aromatic carboxylic acids is 1. The SMILES string of the molecule is CCCCN(CCCC)c1ccc(-c2ccc(-c3cc(C(F)(F)F)n[n-]3)nc2)s1.O=COc1ccnc(-c2cc(OC=O)cc(-c3cc(C(=O)O)ccn3)n2)c1.[N-]=C=S.[Ru+2]. The first kappa shape index (κ1) is 48.3. The summed E-state index contributed by atoms with van der Waals surface area (Å²) in [6.45, 7) is 7.02. The molecule has 14 nitrogen and oxygen atoms in total. The molecule has 1 N–H and O–H groups in total. The fraction of sp³-hybridized carbons (Fsp3) is 0.225. The zero-order chi connectivity index (χ0) is 42.8. The number of carbonyl (C=O) groups excluding carboxylic acids is 2. The number of unbranched alkanes of at least 4 members (excludes halogenated alkanes) is 2. The largest absolute Gasteiger partial charge is 2.00 e. The van der Waals surface area contributed by atoms with E-state index in [1.54, 1.807) is 23.6 Å². The molecule has 0 aliphatic heterocycles. The van der Waals surface area contributed by atoms with Gasteiger partial charge in [-0.25, -0.2) is 9.78 Å². The standard InChI is InChI=1S/C21H24F3N4S.C18H11N3O6.CNS.Ru/c1-3-5-11-28(12-6-4-2)20-10-9-18(29-20)15-7-8-16(25-14-15)17-13-19(27-26-17)21(22,23)24;22-9-26-12-2-4-20-15(6-12)17-8-13(27-10-23)7-16(21-17)14-5-11(18(24)25)1-3-19-14;2-1-3;/h7-10,13-14H,3-6,11-12H2,1-2H3;1-10H,(H,24,25);;/q-1;;-1;+2. The van der Waals surface area contributed by atoms with Crippen molar-refractivity contribution in [1.82, 2.24) is 30.1 Å². The number of carbonyl (C=O) groups is 3. The van der Waals surface area contributed by atoms with Gasteiger partial charge in [0.15, 0.2) is 0 Å². The van der Waals surface area contributed by atoms with Crippen molar-refractivity contribution in [3.8, 4) is 56.1 Å². The van der Waals surface area contributed by atoms with Crippen LogP contribution in [0, 0.1) is 0 Å². The van der Waals surface area contributed by atoms with Gasteiger partial charge in [-0.05, 0) is 61.4 Å². The number of thiophene rings is 1. The molecule has 6 aromatic rings. The minimum Gasteiger partial charge on any atom is -0.753 e. The fourth-order valence-corrected chi connectivity index (χ4v) is 6.26. The van der Waals surface area contributed by atoms with Crippen LogP contribution >= 0.6 is 23.6 Å². The maximum absolute atomic E-state index is 12.7. The Hall–Kier alpha value is -6.07. The summed E-state index contributed by atoms with van der Waals surface area (Å²) in [4.78, 5) is 52.9. The second-order valence-electron chi connectivity index (χ2n) is 12.1. The van der Waals surface area contributed by atoms with E-state index in [2.05, 4.69) is 73.2 Å². The van der Waals surface area contributed by atoms with E-state index < -0.39 is 17.8 Å². The quantitative estimate of drug-likeness (QED) is 0.0418. The minimum absolute atomic E-state index is 0. The molecule has 0 atom stereocenters. The maximum atomic E-state index is 12.7. The second-order valence-corrected chi connectivity index (χ2v) is 13.3. The number of aromatic nitrogens is 6. The summed E-state index contributed by atoms with van der Waals surface area (Å²) in [5, 5.41) is 25.6. The summed E-state index contributed by atoms with van der Waals surface area (Å²) in [5.41, 5.74) is 1.67. The van der Waals surface area contributed by atoms with Gasteiger partial charge in [0.1, 0.15) is 17.2 Å². The average Bonchev–Trinajstić information content (AvgIpc) is 3.94. The van der Waals surface area contributed by atoms with Crippen molar-refractivity contribution in [2.75, 3.05) is 18.0 Å². The van der Waals surface area contributed by atoms with Crippen LogP contribution in [-0.4, -0.2) is 67.3 Å². The summed E-state index contributed by atoms with van der Waals surface area (Å²) in [6, 6.07) is 17.2. The van der Waals surface area contributed by atoms with E-state index in [-0.39, 0.29) is 66.6 Å². The Morgan fingerprint density at radius 1 is 0.867 bits per heavy atom. The third kappa shape index (κ3) is 14.0. The number of anilines is 1. The summed E-state index contributed by atoms with van der Waals surface area (Å²) in [7, 11) is 0. The molecule has 0 aromatic carbocycles. The van der Waals surface area contributed by atoms with Gasteiger partial charge in [0, 0.05) is 66.0 Å². The summed E-state index contributed by atoms with van der Waals surface area (Å²) < 4.78 is 47.8. The molecular formula is C40H35F3N8O6RuS2. The van der Waals surface area contributed by atoms with Crippen LogP contribution in [0.15, 0.2) is 85.3 Å². The summed E-state index contributed by atoms with van der Waals surface area (Å²) in [6.07, 6.45) is 4.58. The third-order valence-corrected chi connectivity index (χ3v) is 9.23. The predicted molar refractivity (Wildman–Crippen MR) is 218 cm³/mol. The zero-order valence-electron chi connectivity index (χ0n) is 31.9. The van der Waals surface area contributed by atoms with Gasteiger partial charge in [-0.15, -0.1) is 11.3 Å². The van der Waals surface area contributed by atoms with Crippen LogP contribution in [0.25, 0.3) is 50.0 Å². The average molecular weight is 946 g/mol.